The Morgan fingerprint density at radius 1 is 1.48 bits per heavy atom. The Balaban J connectivity index is 1.99. The molecule has 21 heavy (non-hydrogen) atoms. The molecule has 1 aliphatic carbocycles. The Kier molecular flexibility index (Phi) is 4.67. The summed E-state index contributed by atoms with van der Waals surface area (Å²) in [5.74, 6) is 0.590. The molecule has 1 aliphatic rings. The van der Waals surface area contributed by atoms with Gasteiger partial charge in [-0.1, -0.05) is 31.0 Å². The lowest BCUT2D eigenvalue weighted by molar-refractivity contribution is -0.124. The molecule has 0 aliphatic heterocycles. The molecule has 0 heterocycles. The van der Waals surface area contributed by atoms with Crippen molar-refractivity contribution < 1.29 is 14.7 Å². The van der Waals surface area contributed by atoms with Gasteiger partial charge in [-0.3, -0.25) is 4.79 Å². The van der Waals surface area contributed by atoms with E-state index in [0.29, 0.717) is 11.4 Å². The zero-order valence-electron chi connectivity index (χ0n) is 12.1. The molecule has 114 valence electrons. The van der Waals surface area contributed by atoms with Gasteiger partial charge in [0.25, 0.3) is 0 Å². The third-order valence-corrected chi connectivity index (χ3v) is 3.86. The Morgan fingerprint density at radius 3 is 2.86 bits per heavy atom. The molecule has 0 bridgehead atoms. The summed E-state index contributed by atoms with van der Waals surface area (Å²) in [7, 11) is 0. The van der Waals surface area contributed by atoms with Crippen molar-refractivity contribution in [2.45, 2.75) is 32.6 Å². The Hall–Kier alpha value is -2.24. The number of anilines is 1. The maximum atomic E-state index is 12.3. The van der Waals surface area contributed by atoms with Crippen molar-refractivity contribution in [3.05, 3.63) is 24.3 Å². The van der Waals surface area contributed by atoms with Crippen LogP contribution in [0.4, 0.5) is 5.69 Å². The first kappa shape index (κ1) is 15.2. The number of ether oxygens (including phenoxy) is 1. The highest BCUT2D eigenvalue weighted by molar-refractivity contribution is 5.95. The van der Waals surface area contributed by atoms with E-state index in [2.05, 4.69) is 10.5 Å². The van der Waals surface area contributed by atoms with E-state index >= 15 is 0 Å². The number of amides is 1. The molecular weight excluding hydrogens is 270 g/mol. The zero-order chi connectivity index (χ0) is 15.3. The maximum absolute atomic E-state index is 12.3. The van der Waals surface area contributed by atoms with Crippen LogP contribution in [-0.2, 0) is 4.79 Å². The molecule has 4 N–H and O–H groups in total. The summed E-state index contributed by atoms with van der Waals surface area (Å²) < 4.78 is 5.36. The van der Waals surface area contributed by atoms with E-state index in [1.807, 2.05) is 13.0 Å². The van der Waals surface area contributed by atoms with Gasteiger partial charge < -0.3 is 21.0 Å². The summed E-state index contributed by atoms with van der Waals surface area (Å²) in [5.41, 5.74) is 5.76. The van der Waals surface area contributed by atoms with Gasteiger partial charge >= 0.3 is 0 Å². The second-order valence-electron chi connectivity index (χ2n) is 5.63. The molecular formula is C15H21N3O3. The number of amidine groups is 1. The van der Waals surface area contributed by atoms with Gasteiger partial charge in [0.1, 0.15) is 12.4 Å². The predicted molar refractivity (Wildman–Crippen MR) is 80.6 cm³/mol. The van der Waals surface area contributed by atoms with Crippen molar-refractivity contribution in [3.63, 3.8) is 0 Å². The van der Waals surface area contributed by atoms with Gasteiger partial charge in [-0.2, -0.15) is 0 Å². The molecule has 6 heteroatoms. The van der Waals surface area contributed by atoms with Gasteiger partial charge in [0.15, 0.2) is 5.84 Å². The van der Waals surface area contributed by atoms with Crippen molar-refractivity contribution in [2.24, 2.45) is 16.3 Å². The van der Waals surface area contributed by atoms with Gasteiger partial charge in [-0.05, 0) is 25.0 Å². The number of oxime groups is 1. The van der Waals surface area contributed by atoms with Crippen LogP contribution in [0.2, 0.25) is 0 Å². The van der Waals surface area contributed by atoms with Crippen LogP contribution in [-0.4, -0.2) is 23.6 Å². The van der Waals surface area contributed by atoms with E-state index in [0.717, 1.165) is 25.7 Å². The molecule has 1 aromatic rings. The normalized spacial score (nSPS) is 17.5. The van der Waals surface area contributed by atoms with E-state index in [1.165, 1.54) is 0 Å². The quantitative estimate of drug-likeness (QED) is 0.336. The molecule has 0 aromatic heterocycles. The second-order valence-corrected chi connectivity index (χ2v) is 5.63. The summed E-state index contributed by atoms with van der Waals surface area (Å²) in [6.45, 7) is 2.00. The molecule has 2 rings (SSSR count). The highest BCUT2D eigenvalue weighted by Gasteiger charge is 2.36. The minimum Gasteiger partial charge on any atom is -0.485 e. The van der Waals surface area contributed by atoms with Crippen LogP contribution in [0.3, 0.4) is 0 Å². The fraction of sp³-hybridized carbons (Fsp3) is 0.467. The smallest absolute Gasteiger partial charge is 0.230 e. The van der Waals surface area contributed by atoms with Crippen molar-refractivity contribution in [1.82, 2.24) is 0 Å². The SMILES string of the molecule is CC1(C(=O)Nc2cccc(OC/C(N)=N/O)c2)CCCC1. The minimum atomic E-state index is -0.273. The Labute approximate surface area is 124 Å². The zero-order valence-corrected chi connectivity index (χ0v) is 12.1. The summed E-state index contributed by atoms with van der Waals surface area (Å²) >= 11 is 0. The van der Waals surface area contributed by atoms with Crippen molar-refractivity contribution in [1.29, 1.82) is 0 Å². The van der Waals surface area contributed by atoms with Gasteiger partial charge in [-0.15, -0.1) is 0 Å². The average molecular weight is 291 g/mol. The third-order valence-electron chi connectivity index (χ3n) is 3.86. The van der Waals surface area contributed by atoms with Crippen LogP contribution in [0.1, 0.15) is 32.6 Å². The first-order chi connectivity index (χ1) is 10.0. The van der Waals surface area contributed by atoms with Crippen LogP contribution < -0.4 is 15.8 Å². The highest BCUT2D eigenvalue weighted by atomic mass is 16.5. The van der Waals surface area contributed by atoms with E-state index < -0.39 is 0 Å². The number of nitrogens with two attached hydrogens (primary N) is 1. The third kappa shape index (κ3) is 3.87. The lowest BCUT2D eigenvalue weighted by Crippen LogP contribution is -2.30. The first-order valence-corrected chi connectivity index (χ1v) is 7.04. The van der Waals surface area contributed by atoms with Gasteiger partial charge in [0.05, 0.1) is 0 Å². The van der Waals surface area contributed by atoms with Crippen LogP contribution in [0, 0.1) is 5.41 Å². The molecule has 1 saturated carbocycles. The van der Waals surface area contributed by atoms with Gasteiger partial charge in [0, 0.05) is 17.2 Å². The van der Waals surface area contributed by atoms with E-state index in [9.17, 15) is 4.79 Å². The average Bonchev–Trinajstić information content (AvgIpc) is 2.93. The number of benzene rings is 1. The van der Waals surface area contributed by atoms with Crippen molar-refractivity contribution in [3.8, 4) is 5.75 Å². The van der Waals surface area contributed by atoms with E-state index in [-0.39, 0.29) is 23.8 Å². The molecule has 0 atom stereocenters. The number of carbonyl (C=O) groups excluding carboxylic acids is 1. The number of nitrogens with zero attached hydrogens (tertiary/aromatic N) is 1. The fourth-order valence-corrected chi connectivity index (χ4v) is 2.51. The lowest BCUT2D eigenvalue weighted by Gasteiger charge is -2.22. The van der Waals surface area contributed by atoms with Crippen LogP contribution in [0.5, 0.6) is 5.75 Å². The molecule has 1 aromatic carbocycles. The molecule has 0 unspecified atom stereocenters. The van der Waals surface area contributed by atoms with Gasteiger partial charge in [-0.25, -0.2) is 0 Å². The second kappa shape index (κ2) is 6.47. The Morgan fingerprint density at radius 2 is 2.19 bits per heavy atom. The molecule has 6 nitrogen and oxygen atoms in total. The molecule has 0 spiro atoms. The standard InChI is InChI=1S/C15H21N3O3/c1-15(7-2-3-8-15)14(19)17-11-5-4-6-12(9-11)21-10-13(16)18-20/h4-6,9,20H,2-3,7-8,10H2,1H3,(H2,16,18)(H,17,19). The van der Waals surface area contributed by atoms with Crippen LogP contribution in [0.15, 0.2) is 29.4 Å². The predicted octanol–water partition coefficient (Wildman–Crippen LogP) is 2.33. The highest BCUT2D eigenvalue weighted by Crippen LogP contribution is 2.38. The summed E-state index contributed by atoms with van der Waals surface area (Å²) in [4.78, 5) is 12.3. The van der Waals surface area contributed by atoms with Crippen LogP contribution >= 0.6 is 0 Å². The minimum absolute atomic E-state index is 0.00832. The van der Waals surface area contributed by atoms with Crippen molar-refractivity contribution >= 4 is 17.4 Å². The van der Waals surface area contributed by atoms with E-state index in [4.69, 9.17) is 15.7 Å². The molecule has 0 radical (unpaired) electrons. The first-order valence-electron chi connectivity index (χ1n) is 7.04. The summed E-state index contributed by atoms with van der Waals surface area (Å²) in [6, 6.07) is 7.07. The number of hydrogen-bond donors (Lipinski definition) is 3. The summed E-state index contributed by atoms with van der Waals surface area (Å²) in [5, 5.41) is 14.2. The number of hydrogen-bond acceptors (Lipinski definition) is 4. The topological polar surface area (TPSA) is 96.9 Å². The van der Waals surface area contributed by atoms with Crippen LogP contribution in [0.25, 0.3) is 0 Å². The number of rotatable bonds is 5. The molecule has 1 amide bonds. The molecule has 0 saturated heterocycles. The largest absolute Gasteiger partial charge is 0.485 e. The maximum Gasteiger partial charge on any atom is 0.230 e. The Bertz CT molecular complexity index is 537. The molecule has 1 fully saturated rings. The monoisotopic (exact) mass is 291 g/mol. The number of nitrogens with one attached hydrogen (secondary N) is 1. The van der Waals surface area contributed by atoms with Crippen molar-refractivity contribution in [2.75, 3.05) is 11.9 Å². The number of carbonyl (C=O) groups is 1. The summed E-state index contributed by atoms with van der Waals surface area (Å²) in [6.07, 6.45) is 4.07. The van der Waals surface area contributed by atoms with E-state index in [1.54, 1.807) is 18.2 Å². The fourth-order valence-electron chi connectivity index (χ4n) is 2.51. The lowest BCUT2D eigenvalue weighted by atomic mass is 9.88. The van der Waals surface area contributed by atoms with Gasteiger partial charge in [0.2, 0.25) is 5.91 Å².